The van der Waals surface area contributed by atoms with Crippen LogP contribution in [0.1, 0.15) is 48.4 Å². The minimum atomic E-state index is -0.385. The summed E-state index contributed by atoms with van der Waals surface area (Å²) in [6.45, 7) is 4.63. The number of benzene rings is 1. The van der Waals surface area contributed by atoms with E-state index in [0.29, 0.717) is 24.9 Å². The molecule has 2 saturated heterocycles. The molecule has 0 radical (unpaired) electrons. The van der Waals surface area contributed by atoms with Crippen molar-refractivity contribution in [3.8, 4) is 0 Å². The lowest BCUT2D eigenvalue weighted by molar-refractivity contribution is 0.0557. The zero-order valence-electron chi connectivity index (χ0n) is 20.8. The minimum absolute atomic E-state index is 0.125. The molecule has 9 heteroatoms. The first-order chi connectivity index (χ1) is 17.5. The smallest absolute Gasteiger partial charge is 0.322 e. The number of amides is 4. The van der Waals surface area contributed by atoms with E-state index in [1.165, 1.54) is 17.8 Å². The highest BCUT2D eigenvalue weighted by atomic mass is 19.1. The van der Waals surface area contributed by atoms with Gasteiger partial charge in [0.25, 0.3) is 0 Å². The number of rotatable bonds is 4. The molecule has 8 nitrogen and oxygen atoms in total. The molecule has 192 valence electrons. The molecule has 5 rings (SSSR count). The van der Waals surface area contributed by atoms with E-state index in [0.717, 1.165) is 75.5 Å². The van der Waals surface area contributed by atoms with Crippen LogP contribution in [0.25, 0.3) is 0 Å². The Balaban J connectivity index is 1.09. The SMILES string of the molecule is CN(CC1CCOCC1)C(=O)N1CCC(c2ccc(NC(=O)N3Cc4cc(F)cnc4C3)cc2)CC1. The molecule has 1 aromatic carbocycles. The Morgan fingerprint density at radius 1 is 1.08 bits per heavy atom. The number of ether oxygens (including phenoxy) is 1. The van der Waals surface area contributed by atoms with E-state index in [2.05, 4.69) is 22.4 Å². The molecule has 2 fully saturated rings. The van der Waals surface area contributed by atoms with Gasteiger partial charge in [-0.3, -0.25) is 4.98 Å². The lowest BCUT2D eigenvalue weighted by Gasteiger charge is -2.36. The third kappa shape index (κ3) is 5.61. The number of aromatic nitrogens is 1. The third-order valence-corrected chi connectivity index (χ3v) is 7.61. The van der Waals surface area contributed by atoms with E-state index < -0.39 is 0 Å². The number of likely N-dealkylation sites (tertiary alicyclic amines) is 1. The van der Waals surface area contributed by atoms with Crippen LogP contribution in [0.4, 0.5) is 19.7 Å². The van der Waals surface area contributed by atoms with Crippen molar-refractivity contribution in [1.29, 1.82) is 0 Å². The molecule has 36 heavy (non-hydrogen) atoms. The molecule has 0 unspecified atom stereocenters. The highest BCUT2D eigenvalue weighted by Gasteiger charge is 2.28. The van der Waals surface area contributed by atoms with E-state index in [-0.39, 0.29) is 17.9 Å². The van der Waals surface area contributed by atoms with Crippen LogP contribution >= 0.6 is 0 Å². The summed E-state index contributed by atoms with van der Waals surface area (Å²) in [6.07, 6.45) is 5.10. The molecule has 0 atom stereocenters. The zero-order chi connectivity index (χ0) is 25.1. The number of hydrogen-bond donors (Lipinski definition) is 1. The van der Waals surface area contributed by atoms with Crippen molar-refractivity contribution in [3.63, 3.8) is 0 Å². The standard InChI is InChI=1S/C27H34FN5O3/c1-31(16-19-8-12-36-13-9-19)27(35)32-10-6-21(7-11-32)20-2-4-24(5-3-20)30-26(34)33-17-22-14-23(28)15-29-25(22)18-33/h2-5,14-15,19,21H,6-13,16-18H2,1H3,(H,30,34). The van der Waals surface area contributed by atoms with Gasteiger partial charge in [0.15, 0.2) is 0 Å². The van der Waals surface area contributed by atoms with Crippen LogP contribution in [-0.4, -0.2) is 71.6 Å². The second-order valence-corrected chi connectivity index (χ2v) is 10.1. The van der Waals surface area contributed by atoms with Crippen LogP contribution in [0.2, 0.25) is 0 Å². The predicted molar refractivity (Wildman–Crippen MR) is 134 cm³/mol. The third-order valence-electron chi connectivity index (χ3n) is 7.61. The number of nitrogens with zero attached hydrogens (tertiary/aromatic N) is 4. The van der Waals surface area contributed by atoms with E-state index in [1.54, 1.807) is 4.90 Å². The minimum Gasteiger partial charge on any atom is -0.381 e. The lowest BCUT2D eigenvalue weighted by atomic mass is 9.89. The summed E-state index contributed by atoms with van der Waals surface area (Å²) in [4.78, 5) is 35.1. The zero-order valence-corrected chi connectivity index (χ0v) is 20.8. The number of carbonyl (C=O) groups excluding carboxylic acids is 2. The molecule has 4 heterocycles. The van der Waals surface area contributed by atoms with Gasteiger partial charge in [0, 0.05) is 52.1 Å². The van der Waals surface area contributed by atoms with Gasteiger partial charge in [0.1, 0.15) is 5.82 Å². The summed E-state index contributed by atoms with van der Waals surface area (Å²) in [5, 5.41) is 2.93. The van der Waals surface area contributed by atoms with Crippen LogP contribution in [0, 0.1) is 11.7 Å². The van der Waals surface area contributed by atoms with E-state index in [1.807, 2.05) is 29.0 Å². The molecular weight excluding hydrogens is 461 g/mol. The highest BCUT2D eigenvalue weighted by molar-refractivity contribution is 5.89. The summed E-state index contributed by atoms with van der Waals surface area (Å²) < 4.78 is 18.8. The largest absolute Gasteiger partial charge is 0.381 e. The maximum atomic E-state index is 13.4. The van der Waals surface area contributed by atoms with Gasteiger partial charge in [0.05, 0.1) is 18.4 Å². The number of piperidine rings is 1. The number of urea groups is 2. The maximum absolute atomic E-state index is 13.4. The molecule has 1 aromatic heterocycles. The Hall–Kier alpha value is -3.20. The summed E-state index contributed by atoms with van der Waals surface area (Å²) >= 11 is 0. The van der Waals surface area contributed by atoms with Gasteiger partial charge in [-0.2, -0.15) is 0 Å². The van der Waals surface area contributed by atoms with Crippen LogP contribution in [0.3, 0.4) is 0 Å². The van der Waals surface area contributed by atoms with E-state index in [4.69, 9.17) is 4.74 Å². The van der Waals surface area contributed by atoms with E-state index in [9.17, 15) is 14.0 Å². The molecule has 4 amide bonds. The van der Waals surface area contributed by atoms with Crippen molar-refractivity contribution < 1.29 is 18.7 Å². The highest BCUT2D eigenvalue weighted by Crippen LogP contribution is 2.30. The van der Waals surface area contributed by atoms with Crippen LogP contribution in [0.5, 0.6) is 0 Å². The molecular formula is C27H34FN5O3. The van der Waals surface area contributed by atoms with Gasteiger partial charge in [-0.15, -0.1) is 0 Å². The number of halogens is 1. The van der Waals surface area contributed by atoms with Gasteiger partial charge in [0.2, 0.25) is 0 Å². The molecule has 1 N–H and O–H groups in total. The number of hydrogen-bond acceptors (Lipinski definition) is 4. The normalized spacial score (nSPS) is 18.7. The lowest BCUT2D eigenvalue weighted by Crippen LogP contribution is -2.46. The Morgan fingerprint density at radius 2 is 1.81 bits per heavy atom. The molecule has 0 aliphatic carbocycles. The van der Waals surface area contributed by atoms with Crippen molar-refractivity contribution in [2.24, 2.45) is 5.92 Å². The second kappa shape index (κ2) is 10.8. The maximum Gasteiger partial charge on any atom is 0.322 e. The van der Waals surface area contributed by atoms with E-state index >= 15 is 0 Å². The number of nitrogens with one attached hydrogen (secondary N) is 1. The number of fused-ring (bicyclic) bond motifs is 1. The summed E-state index contributed by atoms with van der Waals surface area (Å²) in [6, 6.07) is 9.31. The molecule has 3 aliphatic rings. The molecule has 3 aliphatic heterocycles. The first-order valence-electron chi connectivity index (χ1n) is 12.8. The average Bonchev–Trinajstić information content (AvgIpc) is 3.33. The van der Waals surface area contributed by atoms with Crippen molar-refractivity contribution >= 4 is 17.7 Å². The topological polar surface area (TPSA) is 78.0 Å². The van der Waals surface area contributed by atoms with Gasteiger partial charge in [-0.05, 0) is 66.8 Å². The van der Waals surface area contributed by atoms with Crippen molar-refractivity contribution in [1.82, 2.24) is 19.7 Å². The van der Waals surface area contributed by atoms with Crippen molar-refractivity contribution in [2.45, 2.75) is 44.7 Å². The fourth-order valence-electron chi connectivity index (χ4n) is 5.46. The van der Waals surface area contributed by atoms with Gasteiger partial charge < -0.3 is 24.8 Å². The van der Waals surface area contributed by atoms with Crippen LogP contribution in [0.15, 0.2) is 36.5 Å². The molecule has 0 saturated carbocycles. The number of anilines is 1. The summed E-state index contributed by atoms with van der Waals surface area (Å²) in [7, 11) is 1.91. The molecule has 2 aromatic rings. The van der Waals surface area contributed by atoms with Gasteiger partial charge >= 0.3 is 12.1 Å². The summed E-state index contributed by atoms with van der Waals surface area (Å²) in [5.74, 6) is 0.544. The Morgan fingerprint density at radius 3 is 2.53 bits per heavy atom. The van der Waals surface area contributed by atoms with Gasteiger partial charge in [-0.1, -0.05) is 12.1 Å². The number of carbonyl (C=O) groups is 2. The van der Waals surface area contributed by atoms with Crippen molar-refractivity contribution in [3.05, 3.63) is 59.2 Å². The van der Waals surface area contributed by atoms with Crippen LogP contribution < -0.4 is 5.32 Å². The van der Waals surface area contributed by atoms with Gasteiger partial charge in [-0.25, -0.2) is 14.0 Å². The number of pyridine rings is 1. The first kappa shape index (κ1) is 24.5. The average molecular weight is 496 g/mol. The Kier molecular flexibility index (Phi) is 7.36. The first-order valence-corrected chi connectivity index (χ1v) is 12.8. The molecule has 0 spiro atoms. The fourth-order valence-corrected chi connectivity index (χ4v) is 5.46. The van der Waals surface area contributed by atoms with Crippen LogP contribution in [-0.2, 0) is 17.8 Å². The fraction of sp³-hybridized carbons (Fsp3) is 0.519. The second-order valence-electron chi connectivity index (χ2n) is 10.1. The molecule has 0 bridgehead atoms. The monoisotopic (exact) mass is 495 g/mol. The van der Waals surface area contributed by atoms with Crippen molar-refractivity contribution in [2.75, 3.05) is 45.2 Å². The quantitative estimate of drug-likeness (QED) is 0.681. The Labute approximate surface area is 211 Å². The summed E-state index contributed by atoms with van der Waals surface area (Å²) in [5.41, 5.74) is 3.44. The predicted octanol–water partition coefficient (Wildman–Crippen LogP) is 4.43. The Bertz CT molecular complexity index is 1080.